The highest BCUT2D eigenvalue weighted by atomic mass is 19.3. The Balaban J connectivity index is 1.53. The molecule has 2 aromatic carbocycles. The molecule has 4 aromatic rings. The van der Waals surface area contributed by atoms with Crippen LogP contribution >= 0.6 is 0 Å². The molecule has 0 radical (unpaired) electrons. The van der Waals surface area contributed by atoms with Crippen LogP contribution in [0.15, 0.2) is 57.7 Å². The maximum absolute atomic E-state index is 13.5. The summed E-state index contributed by atoms with van der Waals surface area (Å²) in [5.74, 6) is -2.17. The molecule has 0 bridgehead atoms. The third kappa shape index (κ3) is 5.87. The van der Waals surface area contributed by atoms with Crippen LogP contribution in [0.2, 0.25) is 0 Å². The number of alkyl halides is 2. The molecular formula is C28H23F2N5O8. The summed E-state index contributed by atoms with van der Waals surface area (Å²) in [6, 6.07) is 13.2. The number of amides is 2. The molecule has 15 heteroatoms. The number of hydrogen-bond acceptors (Lipinski definition) is 10. The number of aliphatic hydroxyl groups excluding tert-OH is 2. The second-order valence-corrected chi connectivity index (χ2v) is 9.34. The summed E-state index contributed by atoms with van der Waals surface area (Å²) in [6.07, 6.45) is -5.06. The van der Waals surface area contributed by atoms with Crippen molar-refractivity contribution in [1.82, 2.24) is 15.1 Å². The highest BCUT2D eigenvalue weighted by Crippen LogP contribution is 2.43. The minimum atomic E-state index is -3.84. The number of fused-ring (bicyclic) bond motifs is 2. The summed E-state index contributed by atoms with van der Waals surface area (Å²) in [5, 5.41) is 34.5. The van der Waals surface area contributed by atoms with Gasteiger partial charge in [-0.1, -0.05) is 12.1 Å². The van der Waals surface area contributed by atoms with E-state index in [0.29, 0.717) is 5.56 Å². The van der Waals surface area contributed by atoms with Crippen molar-refractivity contribution in [2.75, 3.05) is 24.6 Å². The topological polar surface area (TPSA) is 180 Å². The normalized spacial score (nSPS) is 13.9. The monoisotopic (exact) mass is 595 g/mol. The van der Waals surface area contributed by atoms with Gasteiger partial charge in [-0.2, -0.15) is 10.4 Å². The number of furan rings is 1. The van der Waals surface area contributed by atoms with Gasteiger partial charge in [0, 0.05) is 36.5 Å². The highest BCUT2D eigenvalue weighted by molar-refractivity contribution is 5.99. The van der Waals surface area contributed by atoms with Crippen molar-refractivity contribution in [3.8, 4) is 28.8 Å². The van der Waals surface area contributed by atoms with Crippen LogP contribution < -0.4 is 25.2 Å². The SMILES string of the molecule is CCN(C(=O)Cn1nc(-c2cccc(C#N)c2)c2oc(C(=O)NC[C@H](O)CO)cc2c1=O)c1ccc2c(c1)OC(F)(F)O2. The molecule has 3 heterocycles. The number of carbonyl (C=O) groups excluding carboxylic acids is 2. The van der Waals surface area contributed by atoms with E-state index in [0.717, 1.165) is 10.7 Å². The predicted molar refractivity (Wildman–Crippen MR) is 145 cm³/mol. The average molecular weight is 596 g/mol. The van der Waals surface area contributed by atoms with Gasteiger partial charge in [-0.05, 0) is 31.2 Å². The molecule has 0 saturated carbocycles. The van der Waals surface area contributed by atoms with Crippen LogP contribution in [0.5, 0.6) is 11.5 Å². The summed E-state index contributed by atoms with van der Waals surface area (Å²) in [4.78, 5) is 40.8. The number of likely N-dealkylation sites (N-methyl/N-ethyl adjacent to an activating group) is 1. The number of anilines is 1. The average Bonchev–Trinajstić information content (AvgIpc) is 3.57. The van der Waals surface area contributed by atoms with E-state index in [-0.39, 0.29) is 58.3 Å². The van der Waals surface area contributed by atoms with E-state index in [9.17, 15) is 33.5 Å². The molecule has 5 rings (SSSR count). The van der Waals surface area contributed by atoms with Crippen molar-refractivity contribution < 1.29 is 42.5 Å². The number of aromatic nitrogens is 2. The van der Waals surface area contributed by atoms with Crippen LogP contribution in [0.4, 0.5) is 14.5 Å². The van der Waals surface area contributed by atoms with Crippen molar-refractivity contribution in [3.63, 3.8) is 0 Å². The smallest absolute Gasteiger partial charge is 0.448 e. The minimum absolute atomic E-state index is 0.0577. The molecule has 222 valence electrons. The Kier molecular flexibility index (Phi) is 7.81. The van der Waals surface area contributed by atoms with Crippen LogP contribution in [-0.2, 0) is 11.3 Å². The summed E-state index contributed by atoms with van der Waals surface area (Å²) in [7, 11) is 0. The van der Waals surface area contributed by atoms with Crippen molar-refractivity contribution >= 4 is 28.5 Å². The zero-order valence-electron chi connectivity index (χ0n) is 22.4. The molecule has 0 saturated heterocycles. The van der Waals surface area contributed by atoms with Crippen molar-refractivity contribution in [1.29, 1.82) is 5.26 Å². The molecule has 13 nitrogen and oxygen atoms in total. The number of nitrogens with one attached hydrogen (secondary N) is 1. The van der Waals surface area contributed by atoms with E-state index < -0.39 is 42.9 Å². The summed E-state index contributed by atoms with van der Waals surface area (Å²) in [6.45, 7) is 0.275. The van der Waals surface area contributed by atoms with Crippen LogP contribution in [-0.4, -0.2) is 63.9 Å². The van der Waals surface area contributed by atoms with Crippen LogP contribution in [0, 0.1) is 11.3 Å². The Morgan fingerprint density at radius 1 is 1.19 bits per heavy atom. The number of nitriles is 1. The van der Waals surface area contributed by atoms with Gasteiger partial charge in [0.05, 0.1) is 29.7 Å². The Morgan fingerprint density at radius 3 is 2.67 bits per heavy atom. The van der Waals surface area contributed by atoms with Gasteiger partial charge in [0.25, 0.3) is 11.5 Å². The zero-order valence-corrected chi connectivity index (χ0v) is 22.4. The van der Waals surface area contributed by atoms with Gasteiger partial charge < -0.3 is 34.3 Å². The van der Waals surface area contributed by atoms with E-state index in [1.807, 2.05) is 6.07 Å². The number of carbonyl (C=O) groups is 2. The Labute approximate surface area is 241 Å². The first-order valence-electron chi connectivity index (χ1n) is 12.9. The van der Waals surface area contributed by atoms with Gasteiger partial charge in [0.2, 0.25) is 5.91 Å². The second-order valence-electron chi connectivity index (χ2n) is 9.34. The lowest BCUT2D eigenvalue weighted by molar-refractivity contribution is -0.286. The number of aliphatic hydroxyl groups is 2. The van der Waals surface area contributed by atoms with E-state index in [1.165, 1.54) is 29.2 Å². The molecule has 0 aliphatic carbocycles. The fraction of sp³-hybridized carbons (Fsp3) is 0.250. The second kappa shape index (κ2) is 11.5. The van der Waals surface area contributed by atoms with Gasteiger partial charge in [-0.25, -0.2) is 4.68 Å². The summed E-state index contributed by atoms with van der Waals surface area (Å²) in [5.41, 5.74) is 0.0303. The predicted octanol–water partition coefficient (Wildman–Crippen LogP) is 1.99. The van der Waals surface area contributed by atoms with E-state index in [2.05, 4.69) is 19.9 Å². The van der Waals surface area contributed by atoms with Gasteiger partial charge >= 0.3 is 6.29 Å². The zero-order chi connectivity index (χ0) is 30.9. The van der Waals surface area contributed by atoms with Crippen LogP contribution in [0.25, 0.3) is 22.2 Å². The molecule has 2 aromatic heterocycles. The lowest BCUT2D eigenvalue weighted by Crippen LogP contribution is -2.37. The number of nitrogens with zero attached hydrogens (tertiary/aromatic N) is 4. The number of benzene rings is 2. The quantitative estimate of drug-likeness (QED) is 0.259. The van der Waals surface area contributed by atoms with E-state index >= 15 is 0 Å². The standard InChI is InChI=1S/C28H23F2N5O8/c1-2-34(17-6-7-20-21(9-17)43-28(29,30)42-20)23(38)13-35-27(40)19-10-22(26(39)32-12-18(37)14-36)41-25(19)24(33-35)16-5-3-4-15(8-16)11-31/h3-10,18,36-37H,2,12-14H2,1H3,(H,32,39)/t18-/m0/s1. The van der Waals surface area contributed by atoms with Gasteiger partial charge in [0.1, 0.15) is 12.2 Å². The molecule has 0 fully saturated rings. The Morgan fingerprint density at radius 2 is 1.95 bits per heavy atom. The lowest BCUT2D eigenvalue weighted by Gasteiger charge is -2.21. The fourth-order valence-electron chi connectivity index (χ4n) is 4.40. The Bertz CT molecular complexity index is 1830. The molecule has 0 spiro atoms. The molecule has 2 amide bonds. The number of hydrogen-bond donors (Lipinski definition) is 3. The molecule has 1 aliphatic rings. The van der Waals surface area contributed by atoms with Crippen molar-refractivity contribution in [2.45, 2.75) is 25.9 Å². The fourth-order valence-corrected chi connectivity index (χ4v) is 4.40. The summed E-state index contributed by atoms with van der Waals surface area (Å²) >= 11 is 0. The van der Waals surface area contributed by atoms with Crippen LogP contribution in [0.3, 0.4) is 0 Å². The number of halogens is 2. The molecule has 0 unspecified atom stereocenters. The molecule has 3 N–H and O–H groups in total. The van der Waals surface area contributed by atoms with Gasteiger partial charge in [0.15, 0.2) is 22.8 Å². The number of rotatable bonds is 9. The Hall–Kier alpha value is -5.33. The first-order chi connectivity index (χ1) is 20.5. The maximum atomic E-state index is 13.5. The van der Waals surface area contributed by atoms with Crippen molar-refractivity contribution in [3.05, 3.63) is 70.2 Å². The largest absolute Gasteiger partial charge is 0.586 e. The third-order valence-electron chi connectivity index (χ3n) is 6.43. The summed E-state index contributed by atoms with van der Waals surface area (Å²) < 4.78 is 42.5. The first kappa shape index (κ1) is 29.2. The molecule has 43 heavy (non-hydrogen) atoms. The van der Waals surface area contributed by atoms with Crippen molar-refractivity contribution in [2.24, 2.45) is 0 Å². The molecule has 1 aliphatic heterocycles. The van der Waals surface area contributed by atoms with Crippen LogP contribution in [0.1, 0.15) is 23.0 Å². The highest BCUT2D eigenvalue weighted by Gasteiger charge is 2.43. The maximum Gasteiger partial charge on any atom is 0.586 e. The minimum Gasteiger partial charge on any atom is -0.448 e. The van der Waals surface area contributed by atoms with Gasteiger partial charge in [-0.3, -0.25) is 14.4 Å². The molecular weight excluding hydrogens is 572 g/mol. The lowest BCUT2D eigenvalue weighted by atomic mass is 10.1. The number of ether oxygens (including phenoxy) is 2. The molecule has 1 atom stereocenters. The van der Waals surface area contributed by atoms with E-state index in [4.69, 9.17) is 9.52 Å². The van der Waals surface area contributed by atoms with E-state index in [1.54, 1.807) is 25.1 Å². The first-order valence-corrected chi connectivity index (χ1v) is 12.9. The van der Waals surface area contributed by atoms with Gasteiger partial charge in [-0.15, -0.1) is 8.78 Å². The third-order valence-corrected chi connectivity index (χ3v) is 6.43.